The molecule has 29 heavy (non-hydrogen) atoms. The van der Waals surface area contributed by atoms with E-state index in [1.807, 2.05) is 6.07 Å². The van der Waals surface area contributed by atoms with E-state index in [1.165, 1.54) is 24.3 Å². The van der Waals surface area contributed by atoms with E-state index in [4.69, 9.17) is 4.84 Å². The summed E-state index contributed by atoms with van der Waals surface area (Å²) in [5, 5.41) is 0.508. The average Bonchev–Trinajstić information content (AvgIpc) is 2.99. The van der Waals surface area contributed by atoms with Gasteiger partial charge in [0.1, 0.15) is 5.82 Å². The van der Waals surface area contributed by atoms with Gasteiger partial charge in [-0.25, -0.2) is 9.18 Å². The lowest BCUT2D eigenvalue weighted by atomic mass is 9.92. The molecular weight excluding hydrogens is 373 g/mol. The molecule has 1 aliphatic rings. The van der Waals surface area contributed by atoms with Crippen molar-refractivity contribution in [2.75, 3.05) is 0 Å². The molecule has 4 rings (SSSR count). The van der Waals surface area contributed by atoms with Gasteiger partial charge in [-0.05, 0) is 41.8 Å². The van der Waals surface area contributed by atoms with Crippen molar-refractivity contribution in [2.45, 2.75) is 12.3 Å². The van der Waals surface area contributed by atoms with Crippen LogP contribution in [0.2, 0.25) is 0 Å². The average molecular weight is 389 g/mol. The van der Waals surface area contributed by atoms with Gasteiger partial charge in [0.25, 0.3) is 11.8 Å². The molecule has 0 fully saturated rings. The molecule has 0 aromatic heterocycles. The normalized spacial score (nSPS) is 13.9. The van der Waals surface area contributed by atoms with Crippen molar-refractivity contribution in [2.24, 2.45) is 0 Å². The Morgan fingerprint density at radius 3 is 1.97 bits per heavy atom. The van der Waals surface area contributed by atoms with Gasteiger partial charge in [-0.1, -0.05) is 59.7 Å². The number of rotatable bonds is 5. The summed E-state index contributed by atoms with van der Waals surface area (Å²) in [6.07, 6.45) is 0.228. The summed E-state index contributed by atoms with van der Waals surface area (Å²) in [6.45, 7) is 0. The maximum absolute atomic E-state index is 13.2. The van der Waals surface area contributed by atoms with Crippen LogP contribution in [0.15, 0.2) is 78.9 Å². The summed E-state index contributed by atoms with van der Waals surface area (Å²) in [5.74, 6) is -3.24. The van der Waals surface area contributed by atoms with E-state index in [0.29, 0.717) is 10.6 Å². The molecule has 0 saturated carbocycles. The molecule has 1 heterocycles. The predicted molar refractivity (Wildman–Crippen MR) is 102 cm³/mol. The van der Waals surface area contributed by atoms with Crippen LogP contribution in [-0.4, -0.2) is 22.8 Å². The smallest absolute Gasteiger partial charge is 0.329 e. The van der Waals surface area contributed by atoms with E-state index in [1.54, 1.807) is 48.5 Å². The first-order valence-corrected chi connectivity index (χ1v) is 9.03. The molecule has 6 heteroatoms. The Morgan fingerprint density at radius 1 is 0.828 bits per heavy atom. The predicted octanol–water partition coefficient (Wildman–Crippen LogP) is 3.91. The fourth-order valence-corrected chi connectivity index (χ4v) is 3.28. The van der Waals surface area contributed by atoms with Crippen molar-refractivity contribution < 1.29 is 23.6 Å². The van der Waals surface area contributed by atoms with E-state index in [9.17, 15) is 18.8 Å². The van der Waals surface area contributed by atoms with Crippen LogP contribution in [-0.2, 0) is 16.1 Å². The highest BCUT2D eigenvalue weighted by Crippen LogP contribution is 2.27. The standard InChI is InChI=1S/C23H16FNO4/c24-17-12-10-15(11-13-17)14-20(16-6-2-1-3-7-16)23(28)29-25-21(26)18-8-4-5-9-19(18)22(25)27/h1-13,20H,14H2. The van der Waals surface area contributed by atoms with E-state index >= 15 is 0 Å². The maximum Gasteiger partial charge on any atom is 0.340 e. The minimum absolute atomic E-state index is 0.195. The van der Waals surface area contributed by atoms with Crippen LogP contribution < -0.4 is 0 Å². The van der Waals surface area contributed by atoms with Crippen LogP contribution in [0.5, 0.6) is 0 Å². The highest BCUT2D eigenvalue weighted by Gasteiger charge is 2.40. The number of imide groups is 1. The summed E-state index contributed by atoms with van der Waals surface area (Å²) in [4.78, 5) is 43.2. The molecule has 0 saturated heterocycles. The van der Waals surface area contributed by atoms with Gasteiger partial charge < -0.3 is 4.84 Å². The molecule has 0 N–H and O–H groups in total. The summed E-state index contributed by atoms with van der Waals surface area (Å²) >= 11 is 0. The first kappa shape index (κ1) is 18.6. The SMILES string of the molecule is O=C(ON1C(=O)c2ccccc2C1=O)C(Cc1ccc(F)cc1)c1ccccc1. The van der Waals surface area contributed by atoms with Gasteiger partial charge in [0.15, 0.2) is 0 Å². The molecule has 0 radical (unpaired) electrons. The third-order valence-electron chi connectivity index (χ3n) is 4.78. The molecule has 1 aliphatic heterocycles. The first-order valence-electron chi connectivity index (χ1n) is 9.03. The molecule has 2 amide bonds. The number of hydroxylamine groups is 2. The monoisotopic (exact) mass is 389 g/mol. The molecule has 0 spiro atoms. The number of amides is 2. The Labute approximate surface area is 166 Å². The second-order valence-corrected chi connectivity index (χ2v) is 6.65. The molecule has 144 valence electrons. The maximum atomic E-state index is 13.2. The lowest BCUT2D eigenvalue weighted by Gasteiger charge is -2.19. The van der Waals surface area contributed by atoms with Crippen LogP contribution in [0, 0.1) is 5.82 Å². The summed E-state index contributed by atoms with van der Waals surface area (Å²) in [5.41, 5.74) is 1.78. The third-order valence-corrected chi connectivity index (χ3v) is 4.78. The highest BCUT2D eigenvalue weighted by atomic mass is 19.1. The fourth-order valence-electron chi connectivity index (χ4n) is 3.28. The van der Waals surface area contributed by atoms with Crippen molar-refractivity contribution in [3.63, 3.8) is 0 Å². The van der Waals surface area contributed by atoms with Crippen molar-refractivity contribution >= 4 is 17.8 Å². The zero-order valence-electron chi connectivity index (χ0n) is 15.2. The minimum Gasteiger partial charge on any atom is -0.329 e. The van der Waals surface area contributed by atoms with Crippen LogP contribution in [0.3, 0.4) is 0 Å². The number of hydrogen-bond acceptors (Lipinski definition) is 4. The Balaban J connectivity index is 1.60. The van der Waals surface area contributed by atoms with E-state index in [0.717, 1.165) is 5.56 Å². The van der Waals surface area contributed by atoms with Gasteiger partial charge in [-0.2, -0.15) is 0 Å². The molecule has 1 unspecified atom stereocenters. The van der Waals surface area contributed by atoms with Crippen LogP contribution in [0.4, 0.5) is 4.39 Å². The van der Waals surface area contributed by atoms with Crippen LogP contribution in [0.1, 0.15) is 37.8 Å². The van der Waals surface area contributed by atoms with Gasteiger partial charge in [0.2, 0.25) is 0 Å². The highest BCUT2D eigenvalue weighted by molar-refractivity contribution is 6.20. The van der Waals surface area contributed by atoms with Gasteiger partial charge in [0.05, 0.1) is 17.0 Å². The Hall–Kier alpha value is -3.80. The van der Waals surface area contributed by atoms with Crippen molar-refractivity contribution in [3.8, 4) is 0 Å². The number of carbonyl (C=O) groups excluding carboxylic acids is 3. The molecule has 0 aliphatic carbocycles. The Morgan fingerprint density at radius 2 is 1.38 bits per heavy atom. The topological polar surface area (TPSA) is 63.7 Å². The second-order valence-electron chi connectivity index (χ2n) is 6.65. The Bertz CT molecular complexity index is 1040. The second kappa shape index (κ2) is 7.67. The summed E-state index contributed by atoms with van der Waals surface area (Å²) in [6, 6.07) is 21.0. The van der Waals surface area contributed by atoms with Gasteiger partial charge >= 0.3 is 5.97 Å². The summed E-state index contributed by atoms with van der Waals surface area (Å²) < 4.78 is 13.2. The third kappa shape index (κ3) is 3.65. The number of fused-ring (bicyclic) bond motifs is 1. The largest absolute Gasteiger partial charge is 0.340 e. The van der Waals surface area contributed by atoms with Gasteiger partial charge in [-0.15, -0.1) is 0 Å². The van der Waals surface area contributed by atoms with Crippen molar-refractivity contribution in [1.82, 2.24) is 5.06 Å². The number of hydrogen-bond donors (Lipinski definition) is 0. The fraction of sp³-hybridized carbons (Fsp3) is 0.0870. The van der Waals surface area contributed by atoms with E-state index in [2.05, 4.69) is 0 Å². The molecule has 5 nitrogen and oxygen atoms in total. The lowest BCUT2D eigenvalue weighted by Crippen LogP contribution is -2.35. The number of nitrogens with zero attached hydrogens (tertiary/aromatic N) is 1. The van der Waals surface area contributed by atoms with Crippen molar-refractivity contribution in [1.29, 1.82) is 0 Å². The molecule has 3 aromatic rings. The zero-order valence-corrected chi connectivity index (χ0v) is 15.2. The summed E-state index contributed by atoms with van der Waals surface area (Å²) in [7, 11) is 0. The quantitative estimate of drug-likeness (QED) is 0.621. The Kier molecular flexibility index (Phi) is 4.91. The van der Waals surface area contributed by atoms with Gasteiger partial charge in [-0.3, -0.25) is 9.59 Å². The van der Waals surface area contributed by atoms with E-state index < -0.39 is 23.7 Å². The van der Waals surface area contributed by atoms with Crippen LogP contribution in [0.25, 0.3) is 0 Å². The minimum atomic E-state index is -0.772. The van der Waals surface area contributed by atoms with Crippen molar-refractivity contribution in [3.05, 3.63) is 107 Å². The molecular formula is C23H16FNO4. The number of benzene rings is 3. The van der Waals surface area contributed by atoms with Gasteiger partial charge in [0, 0.05) is 0 Å². The van der Waals surface area contributed by atoms with E-state index in [-0.39, 0.29) is 23.4 Å². The first-order chi connectivity index (χ1) is 14.0. The molecule has 1 atom stereocenters. The lowest BCUT2D eigenvalue weighted by molar-refractivity contribution is -0.170. The number of halogens is 1. The zero-order chi connectivity index (χ0) is 20.4. The molecule has 0 bridgehead atoms. The number of carbonyl (C=O) groups is 3. The molecule has 3 aromatic carbocycles. The van der Waals surface area contributed by atoms with Crippen LogP contribution >= 0.6 is 0 Å².